The minimum atomic E-state index is -0.351. The van der Waals surface area contributed by atoms with E-state index in [4.69, 9.17) is 4.98 Å². The largest absolute Gasteiger partial charge is 0.322 e. The lowest BCUT2D eigenvalue weighted by Crippen LogP contribution is -2.41. The maximum atomic E-state index is 11.1. The lowest BCUT2D eigenvalue weighted by atomic mass is 10.2. The van der Waals surface area contributed by atoms with Crippen LogP contribution in [-0.4, -0.2) is 107 Å². The van der Waals surface area contributed by atoms with E-state index < -0.39 is 0 Å². The Morgan fingerprint density at radius 3 is 2.06 bits per heavy atom. The third-order valence-electron chi connectivity index (χ3n) is 7.38. The van der Waals surface area contributed by atoms with Gasteiger partial charge in [0.05, 0.1) is 22.5 Å². The summed E-state index contributed by atoms with van der Waals surface area (Å²) in [6, 6.07) is 15.1. The number of non-ortho nitro benzene ring substituents is 1. The fourth-order valence-electron chi connectivity index (χ4n) is 5.05. The summed E-state index contributed by atoms with van der Waals surface area (Å²) in [7, 11) is 2.23. The van der Waals surface area contributed by atoms with Crippen molar-refractivity contribution >= 4 is 16.7 Å². The maximum absolute atomic E-state index is 11.1. The molecule has 5 rings (SSSR count). The SMILES string of the molecule is CN1CCN2CCN(CC1)CCN(Cc1nc3ccccc3n1Cc1ccc([N+](=O)[O-])cc1)CC2. The van der Waals surface area contributed by atoms with Gasteiger partial charge >= 0.3 is 0 Å². The molecule has 9 nitrogen and oxygen atoms in total. The zero-order valence-corrected chi connectivity index (χ0v) is 20.6. The lowest BCUT2D eigenvalue weighted by Gasteiger charge is -2.28. The molecule has 0 aliphatic carbocycles. The molecule has 2 unspecified atom stereocenters. The monoisotopic (exact) mass is 477 g/mol. The minimum Gasteiger partial charge on any atom is -0.322 e. The van der Waals surface area contributed by atoms with E-state index in [2.05, 4.69) is 43.3 Å². The average molecular weight is 478 g/mol. The van der Waals surface area contributed by atoms with Crippen LogP contribution in [0.1, 0.15) is 11.4 Å². The van der Waals surface area contributed by atoms with Gasteiger partial charge in [-0.15, -0.1) is 0 Å². The molecule has 0 spiro atoms. The summed E-state index contributed by atoms with van der Waals surface area (Å²) in [4.78, 5) is 25.9. The average Bonchev–Trinajstić information content (AvgIpc) is 3.27. The molecular formula is C26H35N7O2. The van der Waals surface area contributed by atoms with E-state index in [0.717, 1.165) is 94.4 Å². The van der Waals surface area contributed by atoms with Gasteiger partial charge in [0.15, 0.2) is 0 Å². The van der Waals surface area contributed by atoms with Crippen LogP contribution in [0.4, 0.5) is 5.69 Å². The molecule has 0 saturated carbocycles. The van der Waals surface area contributed by atoms with E-state index >= 15 is 0 Å². The number of nitro benzene ring substituents is 1. The highest BCUT2D eigenvalue weighted by molar-refractivity contribution is 5.76. The van der Waals surface area contributed by atoms with Crippen LogP contribution in [0.15, 0.2) is 48.5 Å². The minimum absolute atomic E-state index is 0.120. The number of hydrogen-bond donors (Lipinski definition) is 0. The summed E-state index contributed by atoms with van der Waals surface area (Å²) in [5.74, 6) is 1.05. The third kappa shape index (κ3) is 5.87. The summed E-state index contributed by atoms with van der Waals surface area (Å²) in [5.41, 5.74) is 3.25. The van der Waals surface area contributed by atoms with Crippen molar-refractivity contribution < 1.29 is 4.92 Å². The summed E-state index contributed by atoms with van der Waals surface area (Å²) >= 11 is 0. The molecule has 2 aromatic carbocycles. The van der Waals surface area contributed by atoms with Crippen molar-refractivity contribution in [1.29, 1.82) is 0 Å². The molecule has 3 aromatic rings. The van der Waals surface area contributed by atoms with Crippen LogP contribution >= 0.6 is 0 Å². The highest BCUT2D eigenvalue weighted by atomic mass is 16.6. The van der Waals surface area contributed by atoms with E-state index in [1.165, 1.54) is 0 Å². The van der Waals surface area contributed by atoms with Crippen molar-refractivity contribution in [3.05, 3.63) is 70.0 Å². The van der Waals surface area contributed by atoms with Crippen LogP contribution in [0.25, 0.3) is 11.0 Å². The molecule has 1 aromatic heterocycles. The Balaban J connectivity index is 1.37. The Morgan fingerprint density at radius 1 is 0.800 bits per heavy atom. The number of benzene rings is 2. The summed E-state index contributed by atoms with van der Waals surface area (Å²) in [5, 5.41) is 11.1. The predicted molar refractivity (Wildman–Crippen MR) is 138 cm³/mol. The molecule has 2 atom stereocenters. The van der Waals surface area contributed by atoms with Crippen LogP contribution in [0.5, 0.6) is 0 Å². The van der Waals surface area contributed by atoms with Crippen molar-refractivity contribution in [3.8, 4) is 0 Å². The number of likely N-dealkylation sites (N-methyl/N-ethyl adjacent to an activating group) is 1. The maximum Gasteiger partial charge on any atom is 0.269 e. The Morgan fingerprint density at radius 2 is 1.40 bits per heavy atom. The fraction of sp³-hybridized carbons (Fsp3) is 0.500. The van der Waals surface area contributed by atoms with E-state index in [0.29, 0.717) is 6.54 Å². The normalized spacial score (nSPS) is 22.7. The van der Waals surface area contributed by atoms with Crippen molar-refractivity contribution in [3.63, 3.8) is 0 Å². The Labute approximate surface area is 206 Å². The van der Waals surface area contributed by atoms with Gasteiger partial charge in [-0.05, 0) is 24.7 Å². The van der Waals surface area contributed by atoms with Crippen molar-refractivity contribution in [2.24, 2.45) is 0 Å². The first-order valence-corrected chi connectivity index (χ1v) is 12.6. The Hall–Kier alpha value is -2.85. The molecule has 0 N–H and O–H groups in total. The second-order valence-electron chi connectivity index (χ2n) is 9.79. The second kappa shape index (κ2) is 10.8. The quantitative estimate of drug-likeness (QED) is 0.413. The van der Waals surface area contributed by atoms with Crippen LogP contribution in [-0.2, 0) is 13.1 Å². The number of nitrogens with zero attached hydrogens (tertiary/aromatic N) is 7. The molecule has 3 heterocycles. The Bertz CT molecular complexity index is 1130. The van der Waals surface area contributed by atoms with E-state index in [1.807, 2.05) is 24.3 Å². The topological polar surface area (TPSA) is 73.9 Å². The van der Waals surface area contributed by atoms with Gasteiger partial charge in [0, 0.05) is 84.1 Å². The molecule has 2 aliphatic rings. The number of para-hydroxylation sites is 2. The van der Waals surface area contributed by atoms with E-state index in [9.17, 15) is 10.1 Å². The van der Waals surface area contributed by atoms with Gasteiger partial charge in [0.1, 0.15) is 5.82 Å². The van der Waals surface area contributed by atoms with Gasteiger partial charge in [-0.1, -0.05) is 24.3 Å². The van der Waals surface area contributed by atoms with Gasteiger partial charge < -0.3 is 9.47 Å². The number of fused-ring (bicyclic) bond motifs is 4. The highest BCUT2D eigenvalue weighted by Crippen LogP contribution is 2.21. The standard InChI is InChI=1S/C26H35N7O2/c1-28-10-12-29-14-15-30(13-11-28)17-19-31(18-16-29)21-26-27-24-4-2-3-5-25(24)32(26)20-22-6-8-23(9-7-22)33(34)35/h2-9H,10-21H2,1H3. The van der Waals surface area contributed by atoms with E-state index in [-0.39, 0.29) is 10.6 Å². The number of hydrogen-bond acceptors (Lipinski definition) is 7. The van der Waals surface area contributed by atoms with Crippen molar-refractivity contribution in [2.45, 2.75) is 13.1 Å². The second-order valence-corrected chi connectivity index (χ2v) is 9.79. The van der Waals surface area contributed by atoms with Gasteiger partial charge in [-0.3, -0.25) is 24.8 Å². The summed E-state index contributed by atoms with van der Waals surface area (Å²) < 4.78 is 2.27. The highest BCUT2D eigenvalue weighted by Gasteiger charge is 2.21. The molecule has 0 radical (unpaired) electrons. The molecular weight excluding hydrogens is 442 g/mol. The molecule has 2 aliphatic heterocycles. The number of imidazole rings is 1. The molecule has 9 heteroatoms. The summed E-state index contributed by atoms with van der Waals surface area (Å²) in [6.45, 7) is 12.4. The molecule has 2 fully saturated rings. The number of nitro groups is 1. The van der Waals surface area contributed by atoms with Crippen LogP contribution in [0.2, 0.25) is 0 Å². The Kier molecular flexibility index (Phi) is 7.38. The molecule has 2 bridgehead atoms. The number of aromatic nitrogens is 2. The smallest absolute Gasteiger partial charge is 0.269 e. The van der Waals surface area contributed by atoms with Crippen LogP contribution in [0, 0.1) is 10.1 Å². The first kappa shape index (κ1) is 23.9. The molecule has 186 valence electrons. The lowest BCUT2D eigenvalue weighted by molar-refractivity contribution is -0.384. The molecule has 2 saturated heterocycles. The van der Waals surface area contributed by atoms with Gasteiger partial charge in [-0.2, -0.15) is 0 Å². The third-order valence-corrected chi connectivity index (χ3v) is 7.38. The zero-order chi connectivity index (χ0) is 24.2. The fourth-order valence-corrected chi connectivity index (χ4v) is 5.05. The predicted octanol–water partition coefficient (Wildman–Crippen LogP) is 2.36. The van der Waals surface area contributed by atoms with Crippen LogP contribution in [0.3, 0.4) is 0 Å². The first-order chi connectivity index (χ1) is 17.0. The van der Waals surface area contributed by atoms with Gasteiger partial charge in [-0.25, -0.2) is 4.98 Å². The number of rotatable bonds is 5. The van der Waals surface area contributed by atoms with Crippen molar-refractivity contribution in [2.75, 3.05) is 72.5 Å². The first-order valence-electron chi connectivity index (χ1n) is 12.6. The zero-order valence-electron chi connectivity index (χ0n) is 20.6. The van der Waals surface area contributed by atoms with Crippen LogP contribution < -0.4 is 0 Å². The van der Waals surface area contributed by atoms with Crippen molar-refractivity contribution in [1.82, 2.24) is 29.2 Å². The van der Waals surface area contributed by atoms with Gasteiger partial charge in [0.2, 0.25) is 0 Å². The summed E-state index contributed by atoms with van der Waals surface area (Å²) in [6.07, 6.45) is 0. The molecule has 0 amide bonds. The van der Waals surface area contributed by atoms with E-state index in [1.54, 1.807) is 12.1 Å². The van der Waals surface area contributed by atoms with Gasteiger partial charge in [0.25, 0.3) is 5.69 Å². The molecule has 35 heavy (non-hydrogen) atoms.